The largest absolute Gasteiger partial charge is 0.466 e. The van der Waals surface area contributed by atoms with E-state index < -0.39 is 16.9 Å². The summed E-state index contributed by atoms with van der Waals surface area (Å²) in [7, 11) is 0. The molecule has 1 atom stereocenters. The molecule has 0 aromatic heterocycles. The van der Waals surface area contributed by atoms with Crippen LogP contribution in [-0.2, 0) is 9.53 Å². The molecule has 0 spiro atoms. The van der Waals surface area contributed by atoms with Crippen LogP contribution in [0.5, 0.6) is 0 Å². The number of hydrogen-bond acceptors (Lipinski definition) is 5. The van der Waals surface area contributed by atoms with Crippen molar-refractivity contribution in [2.75, 3.05) is 6.61 Å². The summed E-state index contributed by atoms with van der Waals surface area (Å²) in [4.78, 5) is 21.6. The average molecular weight is 273 g/mol. The minimum atomic E-state index is -0.817. The predicted molar refractivity (Wildman–Crippen MR) is 66.3 cm³/mol. The lowest BCUT2D eigenvalue weighted by Crippen LogP contribution is -2.18. The van der Waals surface area contributed by atoms with E-state index in [1.165, 1.54) is 18.2 Å². The van der Waals surface area contributed by atoms with Gasteiger partial charge < -0.3 is 10.5 Å². The molecule has 0 fully saturated rings. The van der Waals surface area contributed by atoms with E-state index in [0.29, 0.717) is 5.02 Å². The van der Waals surface area contributed by atoms with Crippen molar-refractivity contribution in [2.45, 2.75) is 19.4 Å². The van der Waals surface area contributed by atoms with Crippen molar-refractivity contribution in [1.82, 2.24) is 0 Å². The summed E-state index contributed by atoms with van der Waals surface area (Å²) in [5.41, 5.74) is 5.84. The van der Waals surface area contributed by atoms with Gasteiger partial charge in [0.15, 0.2) is 0 Å². The second kappa shape index (κ2) is 6.32. The van der Waals surface area contributed by atoms with Crippen LogP contribution in [-0.4, -0.2) is 17.5 Å². The number of benzene rings is 1. The Morgan fingerprint density at radius 1 is 1.61 bits per heavy atom. The third-order valence-electron chi connectivity index (χ3n) is 2.28. The molecular weight excluding hydrogens is 260 g/mol. The average Bonchev–Trinajstić information content (AvgIpc) is 2.28. The second-order valence-electron chi connectivity index (χ2n) is 3.58. The standard InChI is InChI=1S/C11H13ClN2O4/c1-2-18-11(15)6-9(13)8-5-7(12)3-4-10(8)14(16)17/h3-5,9H,2,6,13H2,1H3/t9-/m0/s1. The Hall–Kier alpha value is -1.66. The van der Waals surface area contributed by atoms with Crippen molar-refractivity contribution in [3.63, 3.8) is 0 Å². The number of hydrogen-bond donors (Lipinski definition) is 1. The van der Waals surface area contributed by atoms with Crippen LogP contribution >= 0.6 is 11.6 Å². The van der Waals surface area contributed by atoms with Crippen LogP contribution in [0.4, 0.5) is 5.69 Å². The quantitative estimate of drug-likeness (QED) is 0.503. The van der Waals surface area contributed by atoms with Crippen LogP contribution in [0.3, 0.4) is 0 Å². The first kappa shape index (κ1) is 14.4. The highest BCUT2D eigenvalue weighted by atomic mass is 35.5. The van der Waals surface area contributed by atoms with Gasteiger partial charge in [0.2, 0.25) is 0 Å². The van der Waals surface area contributed by atoms with Gasteiger partial charge in [0.1, 0.15) is 0 Å². The molecule has 0 amide bonds. The van der Waals surface area contributed by atoms with Gasteiger partial charge in [-0.2, -0.15) is 0 Å². The van der Waals surface area contributed by atoms with Gasteiger partial charge in [-0.15, -0.1) is 0 Å². The molecule has 18 heavy (non-hydrogen) atoms. The van der Waals surface area contributed by atoms with E-state index in [9.17, 15) is 14.9 Å². The minimum Gasteiger partial charge on any atom is -0.466 e. The number of nitrogens with zero attached hydrogens (tertiary/aromatic N) is 1. The van der Waals surface area contributed by atoms with E-state index in [0.717, 1.165) is 0 Å². The Kier molecular flexibility index (Phi) is 5.06. The summed E-state index contributed by atoms with van der Waals surface area (Å²) < 4.78 is 4.74. The number of esters is 1. The molecule has 0 bridgehead atoms. The summed E-state index contributed by atoms with van der Waals surface area (Å²) in [6.07, 6.45) is -0.130. The van der Waals surface area contributed by atoms with E-state index in [1.807, 2.05) is 0 Å². The Bertz CT molecular complexity index is 464. The van der Waals surface area contributed by atoms with Crippen molar-refractivity contribution in [1.29, 1.82) is 0 Å². The Balaban J connectivity index is 2.96. The lowest BCUT2D eigenvalue weighted by Gasteiger charge is -2.11. The maximum Gasteiger partial charge on any atom is 0.307 e. The molecule has 0 aliphatic carbocycles. The normalized spacial score (nSPS) is 11.9. The first-order valence-corrected chi connectivity index (χ1v) is 5.68. The number of nitro benzene ring substituents is 1. The van der Waals surface area contributed by atoms with Crippen LogP contribution in [0.25, 0.3) is 0 Å². The first-order chi connectivity index (χ1) is 8.45. The highest BCUT2D eigenvalue weighted by Gasteiger charge is 2.22. The topological polar surface area (TPSA) is 95.5 Å². The molecule has 1 rings (SSSR count). The smallest absolute Gasteiger partial charge is 0.307 e. The van der Waals surface area contributed by atoms with E-state index in [-0.39, 0.29) is 24.3 Å². The van der Waals surface area contributed by atoms with Crippen molar-refractivity contribution < 1.29 is 14.5 Å². The zero-order valence-corrected chi connectivity index (χ0v) is 10.5. The van der Waals surface area contributed by atoms with Crippen molar-refractivity contribution in [3.05, 3.63) is 38.9 Å². The highest BCUT2D eigenvalue weighted by Crippen LogP contribution is 2.28. The molecule has 1 aromatic carbocycles. The molecule has 0 heterocycles. The van der Waals surface area contributed by atoms with E-state index in [4.69, 9.17) is 22.1 Å². The van der Waals surface area contributed by atoms with Gasteiger partial charge in [-0.3, -0.25) is 14.9 Å². The number of ether oxygens (including phenoxy) is 1. The van der Waals surface area contributed by atoms with Crippen molar-refractivity contribution in [2.24, 2.45) is 5.73 Å². The van der Waals surface area contributed by atoms with Gasteiger partial charge in [0.05, 0.1) is 18.0 Å². The summed E-state index contributed by atoms with van der Waals surface area (Å²) in [5.74, 6) is -0.501. The summed E-state index contributed by atoms with van der Waals surface area (Å²) in [5, 5.41) is 11.2. The van der Waals surface area contributed by atoms with E-state index >= 15 is 0 Å². The van der Waals surface area contributed by atoms with Gasteiger partial charge in [-0.05, 0) is 19.1 Å². The Morgan fingerprint density at radius 3 is 2.83 bits per heavy atom. The zero-order chi connectivity index (χ0) is 13.7. The maximum atomic E-state index is 11.3. The van der Waals surface area contributed by atoms with Gasteiger partial charge in [-0.25, -0.2) is 0 Å². The molecule has 6 nitrogen and oxygen atoms in total. The monoisotopic (exact) mass is 272 g/mol. The number of carbonyl (C=O) groups is 1. The zero-order valence-electron chi connectivity index (χ0n) is 9.76. The molecule has 1 aromatic rings. The number of halogens is 1. The molecule has 0 radical (unpaired) electrons. The van der Waals surface area contributed by atoms with Crippen LogP contribution in [0, 0.1) is 10.1 Å². The predicted octanol–water partition coefficient (Wildman–Crippen LogP) is 2.20. The van der Waals surface area contributed by atoms with Gasteiger partial charge >= 0.3 is 5.97 Å². The fourth-order valence-corrected chi connectivity index (χ4v) is 1.68. The molecule has 0 saturated carbocycles. The van der Waals surface area contributed by atoms with Crippen LogP contribution in [0.2, 0.25) is 5.02 Å². The minimum absolute atomic E-state index is 0.130. The molecule has 0 unspecified atom stereocenters. The summed E-state index contributed by atoms with van der Waals surface area (Å²) in [6, 6.07) is 3.25. The van der Waals surface area contributed by atoms with Gasteiger partial charge in [-0.1, -0.05) is 11.6 Å². The van der Waals surface area contributed by atoms with Gasteiger partial charge in [0.25, 0.3) is 5.69 Å². The molecule has 98 valence electrons. The number of rotatable bonds is 5. The molecule has 0 aliphatic rings. The van der Waals surface area contributed by atoms with E-state index in [1.54, 1.807) is 6.92 Å². The van der Waals surface area contributed by atoms with E-state index in [2.05, 4.69) is 0 Å². The fraction of sp³-hybridized carbons (Fsp3) is 0.364. The maximum absolute atomic E-state index is 11.3. The summed E-state index contributed by atoms with van der Waals surface area (Å²) >= 11 is 5.77. The molecular formula is C11H13ClN2O4. The first-order valence-electron chi connectivity index (χ1n) is 5.30. The number of nitrogens with two attached hydrogens (primary N) is 1. The van der Waals surface area contributed by atoms with Crippen molar-refractivity contribution in [3.8, 4) is 0 Å². The Morgan fingerprint density at radius 2 is 2.28 bits per heavy atom. The van der Waals surface area contributed by atoms with Crippen LogP contribution < -0.4 is 5.73 Å². The molecule has 0 saturated heterocycles. The third kappa shape index (κ3) is 3.68. The van der Waals surface area contributed by atoms with Crippen LogP contribution in [0.1, 0.15) is 24.9 Å². The SMILES string of the molecule is CCOC(=O)C[C@H](N)c1cc(Cl)ccc1[N+](=O)[O-]. The highest BCUT2D eigenvalue weighted by molar-refractivity contribution is 6.30. The molecule has 7 heteroatoms. The van der Waals surface area contributed by atoms with Gasteiger partial charge in [0, 0.05) is 22.7 Å². The fourth-order valence-electron chi connectivity index (χ4n) is 1.50. The lowest BCUT2D eigenvalue weighted by molar-refractivity contribution is -0.385. The molecule has 2 N–H and O–H groups in total. The molecule has 0 aliphatic heterocycles. The lowest BCUT2D eigenvalue weighted by atomic mass is 10.0. The third-order valence-corrected chi connectivity index (χ3v) is 2.51. The second-order valence-corrected chi connectivity index (χ2v) is 4.01. The number of carbonyl (C=O) groups excluding carboxylic acids is 1. The Labute approximate surface area is 109 Å². The van der Waals surface area contributed by atoms with Crippen molar-refractivity contribution >= 4 is 23.3 Å². The summed E-state index contributed by atoms with van der Waals surface area (Å²) in [6.45, 7) is 1.91. The van der Waals surface area contributed by atoms with Crippen LogP contribution in [0.15, 0.2) is 18.2 Å². The number of nitro groups is 1.